The first-order chi connectivity index (χ1) is 6.45. The molecule has 14 heavy (non-hydrogen) atoms. The number of carbonyl (C=O) groups is 2. The fourth-order valence-corrected chi connectivity index (χ4v) is 1.15. The fraction of sp³-hybridized carbons (Fsp3) is 0.400. The second-order valence-electron chi connectivity index (χ2n) is 3.92. The van der Waals surface area contributed by atoms with Crippen molar-refractivity contribution in [2.75, 3.05) is 0 Å². The number of carboxylic acids is 1. The lowest BCUT2D eigenvalue weighted by Crippen LogP contribution is -2.28. The highest BCUT2D eigenvalue weighted by molar-refractivity contribution is 5.75. The molecule has 0 aliphatic rings. The third-order valence-electron chi connectivity index (χ3n) is 2.07. The van der Waals surface area contributed by atoms with E-state index in [0.29, 0.717) is 12.1 Å². The van der Waals surface area contributed by atoms with Gasteiger partial charge in [-0.1, -0.05) is 0 Å². The lowest BCUT2D eigenvalue weighted by atomic mass is 9.94. The Bertz CT molecular complexity index is 352. The summed E-state index contributed by atoms with van der Waals surface area (Å²) in [6.45, 7) is 3.65. The molecular formula is C10H13NO3. The molecule has 1 rings (SSSR count). The van der Waals surface area contributed by atoms with Crippen molar-refractivity contribution >= 4 is 12.3 Å². The quantitative estimate of drug-likeness (QED) is 0.739. The predicted molar refractivity (Wildman–Crippen MR) is 51.2 cm³/mol. The number of carboxylic acid groups (broad SMARTS) is 1. The minimum atomic E-state index is -0.848. The summed E-state index contributed by atoms with van der Waals surface area (Å²) in [4.78, 5) is 21.2. The lowest BCUT2D eigenvalue weighted by molar-refractivity contribution is -0.147. The summed E-state index contributed by atoms with van der Waals surface area (Å²) in [5, 5.41) is 8.88. The average Bonchev–Trinajstić information content (AvgIpc) is 2.51. The number of hydrogen-bond donors (Lipinski definition) is 1. The minimum absolute atomic E-state index is 0.357. The summed E-state index contributed by atoms with van der Waals surface area (Å²) in [5.74, 6) is -0.848. The highest BCUT2D eigenvalue weighted by Crippen LogP contribution is 2.18. The molecule has 1 heterocycles. The van der Waals surface area contributed by atoms with E-state index in [4.69, 9.17) is 5.11 Å². The van der Waals surface area contributed by atoms with Gasteiger partial charge in [0, 0.05) is 24.5 Å². The number of carbonyl (C=O) groups excluding carboxylic acids is 1. The molecule has 0 unspecified atom stereocenters. The van der Waals surface area contributed by atoms with Gasteiger partial charge in [0.1, 0.15) is 0 Å². The maximum absolute atomic E-state index is 10.8. The van der Waals surface area contributed by atoms with E-state index in [0.717, 1.165) is 6.29 Å². The van der Waals surface area contributed by atoms with E-state index < -0.39 is 11.4 Å². The summed E-state index contributed by atoms with van der Waals surface area (Å²) >= 11 is 0. The van der Waals surface area contributed by atoms with E-state index in [9.17, 15) is 9.59 Å². The van der Waals surface area contributed by atoms with Crippen molar-refractivity contribution in [1.82, 2.24) is 4.57 Å². The molecule has 1 N–H and O–H groups in total. The number of aldehydes is 1. The van der Waals surface area contributed by atoms with Gasteiger partial charge in [-0.2, -0.15) is 0 Å². The van der Waals surface area contributed by atoms with Crippen LogP contribution in [-0.4, -0.2) is 21.9 Å². The summed E-state index contributed by atoms with van der Waals surface area (Å²) in [6, 6.07) is 1.66. The number of rotatable bonds is 4. The molecule has 0 atom stereocenters. The first kappa shape index (κ1) is 10.5. The molecular weight excluding hydrogens is 182 g/mol. The molecule has 0 aromatic carbocycles. The molecule has 0 amide bonds. The van der Waals surface area contributed by atoms with Gasteiger partial charge in [-0.3, -0.25) is 9.59 Å². The van der Waals surface area contributed by atoms with E-state index in [-0.39, 0.29) is 0 Å². The molecule has 1 aromatic heterocycles. The normalized spacial score (nSPS) is 11.3. The molecule has 0 saturated carbocycles. The Labute approximate surface area is 82.2 Å². The van der Waals surface area contributed by atoms with Crippen molar-refractivity contribution in [3.05, 3.63) is 24.0 Å². The summed E-state index contributed by atoms with van der Waals surface area (Å²) in [6.07, 6.45) is 4.08. The number of aromatic nitrogens is 1. The van der Waals surface area contributed by atoms with Crippen LogP contribution in [0.2, 0.25) is 0 Å². The van der Waals surface area contributed by atoms with Crippen LogP contribution in [0.3, 0.4) is 0 Å². The number of nitrogens with zero attached hydrogens (tertiary/aromatic N) is 1. The smallest absolute Gasteiger partial charge is 0.310 e. The molecule has 0 saturated heterocycles. The van der Waals surface area contributed by atoms with Crippen LogP contribution in [0.15, 0.2) is 18.5 Å². The highest BCUT2D eigenvalue weighted by Gasteiger charge is 2.27. The average molecular weight is 195 g/mol. The Kier molecular flexibility index (Phi) is 2.74. The largest absolute Gasteiger partial charge is 0.481 e. The Morgan fingerprint density at radius 3 is 2.71 bits per heavy atom. The van der Waals surface area contributed by atoms with E-state index in [1.54, 1.807) is 36.9 Å². The third-order valence-corrected chi connectivity index (χ3v) is 2.07. The van der Waals surface area contributed by atoms with Gasteiger partial charge < -0.3 is 9.67 Å². The van der Waals surface area contributed by atoms with Crippen molar-refractivity contribution in [2.45, 2.75) is 20.4 Å². The summed E-state index contributed by atoms with van der Waals surface area (Å²) in [5.41, 5.74) is -0.259. The maximum Gasteiger partial charge on any atom is 0.310 e. The fourth-order valence-electron chi connectivity index (χ4n) is 1.15. The van der Waals surface area contributed by atoms with Gasteiger partial charge in [-0.15, -0.1) is 0 Å². The van der Waals surface area contributed by atoms with Crippen LogP contribution in [0.4, 0.5) is 0 Å². The molecule has 76 valence electrons. The maximum atomic E-state index is 10.8. The number of aliphatic carboxylic acids is 1. The van der Waals surface area contributed by atoms with Gasteiger partial charge in [-0.05, 0) is 19.9 Å². The molecule has 4 nitrogen and oxygen atoms in total. The van der Waals surface area contributed by atoms with Gasteiger partial charge in [0.25, 0.3) is 0 Å². The third kappa shape index (κ3) is 2.22. The van der Waals surface area contributed by atoms with E-state index >= 15 is 0 Å². The van der Waals surface area contributed by atoms with E-state index in [2.05, 4.69) is 0 Å². The van der Waals surface area contributed by atoms with Gasteiger partial charge in [-0.25, -0.2) is 0 Å². The monoisotopic (exact) mass is 195 g/mol. The Balaban J connectivity index is 2.78. The van der Waals surface area contributed by atoms with Crippen LogP contribution in [-0.2, 0) is 11.3 Å². The minimum Gasteiger partial charge on any atom is -0.481 e. The first-order valence-corrected chi connectivity index (χ1v) is 4.30. The van der Waals surface area contributed by atoms with Crippen molar-refractivity contribution in [3.63, 3.8) is 0 Å². The van der Waals surface area contributed by atoms with Crippen LogP contribution in [0.1, 0.15) is 24.2 Å². The van der Waals surface area contributed by atoms with Crippen molar-refractivity contribution < 1.29 is 14.7 Å². The molecule has 0 aliphatic carbocycles. The zero-order valence-corrected chi connectivity index (χ0v) is 8.23. The first-order valence-electron chi connectivity index (χ1n) is 4.30. The van der Waals surface area contributed by atoms with Crippen molar-refractivity contribution in [3.8, 4) is 0 Å². The van der Waals surface area contributed by atoms with E-state index in [1.807, 2.05) is 0 Å². The standard InChI is InChI=1S/C10H13NO3/c1-10(2,9(13)14)7-11-4-3-8(5-11)6-12/h3-6H,7H2,1-2H3,(H,13,14). The van der Waals surface area contributed by atoms with Crippen molar-refractivity contribution in [1.29, 1.82) is 0 Å². The second-order valence-corrected chi connectivity index (χ2v) is 3.92. The second kappa shape index (κ2) is 3.65. The Hall–Kier alpha value is -1.58. The van der Waals surface area contributed by atoms with E-state index in [1.165, 1.54) is 0 Å². The number of hydrogen-bond acceptors (Lipinski definition) is 2. The molecule has 0 spiro atoms. The SMILES string of the molecule is CC(C)(Cn1ccc(C=O)c1)C(=O)O. The van der Waals surface area contributed by atoms with Crippen LogP contribution >= 0.6 is 0 Å². The van der Waals surface area contributed by atoms with Gasteiger partial charge in [0.2, 0.25) is 0 Å². The summed E-state index contributed by atoms with van der Waals surface area (Å²) < 4.78 is 1.71. The molecule has 0 aliphatic heterocycles. The molecule has 4 heteroatoms. The van der Waals surface area contributed by atoms with Crippen LogP contribution < -0.4 is 0 Å². The zero-order valence-electron chi connectivity index (χ0n) is 8.23. The van der Waals surface area contributed by atoms with Gasteiger partial charge >= 0.3 is 5.97 Å². The van der Waals surface area contributed by atoms with Crippen LogP contribution in [0.25, 0.3) is 0 Å². The summed E-state index contributed by atoms with van der Waals surface area (Å²) in [7, 11) is 0. The van der Waals surface area contributed by atoms with Gasteiger partial charge in [0.15, 0.2) is 6.29 Å². The van der Waals surface area contributed by atoms with Crippen molar-refractivity contribution in [2.24, 2.45) is 5.41 Å². The van der Waals surface area contributed by atoms with Gasteiger partial charge in [0.05, 0.1) is 5.41 Å². The van der Waals surface area contributed by atoms with Crippen LogP contribution in [0.5, 0.6) is 0 Å². The molecule has 0 radical (unpaired) electrons. The molecule has 1 aromatic rings. The zero-order chi connectivity index (χ0) is 10.8. The molecule has 0 bridgehead atoms. The lowest BCUT2D eigenvalue weighted by Gasteiger charge is -2.19. The molecule has 0 fully saturated rings. The topological polar surface area (TPSA) is 59.3 Å². The Morgan fingerprint density at radius 1 is 1.64 bits per heavy atom. The highest BCUT2D eigenvalue weighted by atomic mass is 16.4. The predicted octanol–water partition coefficient (Wildman–Crippen LogP) is 1.41. The van der Waals surface area contributed by atoms with Crippen LogP contribution in [0, 0.1) is 5.41 Å². The Morgan fingerprint density at radius 2 is 2.29 bits per heavy atom.